The van der Waals surface area contributed by atoms with Crippen LogP contribution in [0.25, 0.3) is 0 Å². The highest BCUT2D eigenvalue weighted by atomic mass is 32.2. The van der Waals surface area contributed by atoms with Crippen molar-refractivity contribution in [1.29, 1.82) is 0 Å². The SMILES string of the molecule is CC(=O)c1ccc(S(=O)(=O)N2CCN(C(=O)c3ccccc3F)CC2)cc1. The molecule has 0 bridgehead atoms. The van der Waals surface area contributed by atoms with E-state index in [9.17, 15) is 22.4 Å². The largest absolute Gasteiger partial charge is 0.336 e. The number of Topliss-reactive ketones (excluding diaryl/α,β-unsaturated/α-hetero) is 1. The molecule has 1 aliphatic heterocycles. The molecule has 0 atom stereocenters. The Hall–Kier alpha value is -2.58. The van der Waals surface area contributed by atoms with Crippen molar-refractivity contribution in [3.8, 4) is 0 Å². The van der Waals surface area contributed by atoms with E-state index in [2.05, 4.69) is 0 Å². The molecular weight excluding hydrogens is 371 g/mol. The van der Waals surface area contributed by atoms with Crippen molar-refractivity contribution in [2.45, 2.75) is 11.8 Å². The standard InChI is InChI=1S/C19H19FN2O4S/c1-14(23)15-6-8-16(9-7-15)27(25,26)22-12-10-21(11-13-22)19(24)17-4-2-3-5-18(17)20/h2-9H,10-13H2,1H3. The van der Waals surface area contributed by atoms with Gasteiger partial charge in [-0.05, 0) is 31.2 Å². The van der Waals surface area contributed by atoms with E-state index in [0.717, 1.165) is 0 Å². The fourth-order valence-corrected chi connectivity index (χ4v) is 4.37. The van der Waals surface area contributed by atoms with Crippen LogP contribution in [0.3, 0.4) is 0 Å². The minimum atomic E-state index is -3.72. The van der Waals surface area contributed by atoms with Crippen LogP contribution in [0, 0.1) is 5.82 Å². The summed E-state index contributed by atoms with van der Waals surface area (Å²) >= 11 is 0. The molecule has 6 nitrogen and oxygen atoms in total. The van der Waals surface area contributed by atoms with Crippen LogP contribution in [-0.4, -0.2) is 55.5 Å². The number of hydrogen-bond donors (Lipinski definition) is 0. The summed E-state index contributed by atoms with van der Waals surface area (Å²) in [5.41, 5.74) is 0.419. The number of carbonyl (C=O) groups is 2. The first-order valence-corrected chi connectivity index (χ1v) is 9.89. The van der Waals surface area contributed by atoms with E-state index in [-0.39, 0.29) is 42.4 Å². The minimum absolute atomic E-state index is 0.0198. The summed E-state index contributed by atoms with van der Waals surface area (Å²) in [6, 6.07) is 11.5. The van der Waals surface area contributed by atoms with Crippen LogP contribution in [0.5, 0.6) is 0 Å². The number of halogens is 1. The second-order valence-corrected chi connectivity index (χ2v) is 8.19. The summed E-state index contributed by atoms with van der Waals surface area (Å²) in [5.74, 6) is -1.18. The Balaban J connectivity index is 1.70. The normalized spacial score (nSPS) is 15.6. The van der Waals surface area contributed by atoms with Gasteiger partial charge in [0.05, 0.1) is 10.5 Å². The number of ketones is 1. The van der Waals surface area contributed by atoms with Gasteiger partial charge < -0.3 is 4.90 Å². The molecule has 0 spiro atoms. The molecule has 8 heteroatoms. The van der Waals surface area contributed by atoms with Gasteiger partial charge in [-0.3, -0.25) is 9.59 Å². The molecule has 0 N–H and O–H groups in total. The van der Waals surface area contributed by atoms with Gasteiger partial charge in [0, 0.05) is 31.7 Å². The predicted molar refractivity (Wildman–Crippen MR) is 97.5 cm³/mol. The third kappa shape index (κ3) is 3.91. The monoisotopic (exact) mass is 390 g/mol. The van der Waals surface area contributed by atoms with Crippen LogP contribution < -0.4 is 0 Å². The summed E-state index contributed by atoms with van der Waals surface area (Å²) in [5, 5.41) is 0. The number of hydrogen-bond acceptors (Lipinski definition) is 4. The van der Waals surface area contributed by atoms with Gasteiger partial charge in [-0.2, -0.15) is 4.31 Å². The van der Waals surface area contributed by atoms with Crippen molar-refractivity contribution >= 4 is 21.7 Å². The van der Waals surface area contributed by atoms with E-state index in [4.69, 9.17) is 0 Å². The lowest BCUT2D eigenvalue weighted by Crippen LogP contribution is -2.50. The number of benzene rings is 2. The Morgan fingerprint density at radius 1 is 0.926 bits per heavy atom. The Kier molecular flexibility index (Phi) is 5.38. The van der Waals surface area contributed by atoms with Crippen LogP contribution >= 0.6 is 0 Å². The van der Waals surface area contributed by atoms with Crippen molar-refractivity contribution in [2.75, 3.05) is 26.2 Å². The number of carbonyl (C=O) groups excluding carboxylic acids is 2. The first kappa shape index (κ1) is 19.2. The van der Waals surface area contributed by atoms with Gasteiger partial charge in [0.1, 0.15) is 5.82 Å². The number of sulfonamides is 1. The average Bonchev–Trinajstić information content (AvgIpc) is 2.68. The molecule has 1 aliphatic rings. The fourth-order valence-electron chi connectivity index (χ4n) is 2.95. The zero-order valence-corrected chi connectivity index (χ0v) is 15.6. The average molecular weight is 390 g/mol. The molecule has 142 valence electrons. The van der Waals surface area contributed by atoms with Crippen LogP contribution in [0.15, 0.2) is 53.4 Å². The first-order chi connectivity index (χ1) is 12.8. The van der Waals surface area contributed by atoms with Crippen LogP contribution in [0.4, 0.5) is 4.39 Å². The first-order valence-electron chi connectivity index (χ1n) is 8.45. The topological polar surface area (TPSA) is 74.8 Å². The molecule has 0 saturated carbocycles. The number of rotatable bonds is 4. The highest BCUT2D eigenvalue weighted by Gasteiger charge is 2.31. The summed E-state index contributed by atoms with van der Waals surface area (Å²) in [4.78, 5) is 25.3. The highest BCUT2D eigenvalue weighted by molar-refractivity contribution is 7.89. The molecule has 0 unspecified atom stereocenters. The second kappa shape index (κ2) is 7.58. The van der Waals surface area contributed by atoms with Crippen molar-refractivity contribution in [2.24, 2.45) is 0 Å². The number of nitrogens with zero attached hydrogens (tertiary/aromatic N) is 2. The molecule has 27 heavy (non-hydrogen) atoms. The van der Waals surface area contributed by atoms with Crippen LogP contribution in [-0.2, 0) is 10.0 Å². The minimum Gasteiger partial charge on any atom is -0.336 e. The molecule has 1 saturated heterocycles. The fraction of sp³-hybridized carbons (Fsp3) is 0.263. The lowest BCUT2D eigenvalue weighted by molar-refractivity contribution is 0.0693. The van der Waals surface area contributed by atoms with Crippen molar-refractivity contribution in [1.82, 2.24) is 9.21 Å². The maximum absolute atomic E-state index is 13.8. The third-order valence-electron chi connectivity index (χ3n) is 4.53. The Morgan fingerprint density at radius 2 is 1.52 bits per heavy atom. The van der Waals surface area contributed by atoms with Crippen molar-refractivity contribution < 1.29 is 22.4 Å². The van der Waals surface area contributed by atoms with Crippen molar-refractivity contribution in [3.05, 3.63) is 65.5 Å². The molecule has 2 aromatic rings. The third-order valence-corrected chi connectivity index (χ3v) is 6.44. The van der Waals surface area contributed by atoms with Crippen LogP contribution in [0.1, 0.15) is 27.6 Å². The number of piperazine rings is 1. The molecule has 1 fully saturated rings. The van der Waals surface area contributed by atoms with Gasteiger partial charge in [-0.15, -0.1) is 0 Å². The Bertz CT molecular complexity index is 965. The van der Waals surface area contributed by atoms with E-state index in [1.807, 2.05) is 0 Å². The van der Waals surface area contributed by atoms with Gasteiger partial charge in [0.2, 0.25) is 10.0 Å². The van der Waals surface area contributed by atoms with E-state index in [1.54, 1.807) is 6.07 Å². The maximum Gasteiger partial charge on any atom is 0.256 e. The van der Waals surface area contributed by atoms with Gasteiger partial charge in [0.15, 0.2) is 5.78 Å². The summed E-state index contributed by atoms with van der Waals surface area (Å²) in [6.45, 7) is 2.01. The van der Waals surface area contributed by atoms with E-state index >= 15 is 0 Å². The smallest absolute Gasteiger partial charge is 0.256 e. The van der Waals surface area contributed by atoms with E-state index in [1.165, 1.54) is 58.6 Å². The lowest BCUT2D eigenvalue weighted by atomic mass is 10.1. The molecule has 1 amide bonds. The number of amides is 1. The molecule has 0 aliphatic carbocycles. The van der Waals surface area contributed by atoms with E-state index < -0.39 is 21.7 Å². The molecule has 0 aromatic heterocycles. The highest BCUT2D eigenvalue weighted by Crippen LogP contribution is 2.20. The van der Waals surface area contributed by atoms with Gasteiger partial charge in [-0.1, -0.05) is 24.3 Å². The van der Waals surface area contributed by atoms with Gasteiger partial charge in [0.25, 0.3) is 5.91 Å². The molecular formula is C19H19FN2O4S. The van der Waals surface area contributed by atoms with Crippen LogP contribution in [0.2, 0.25) is 0 Å². The lowest BCUT2D eigenvalue weighted by Gasteiger charge is -2.34. The van der Waals surface area contributed by atoms with Crippen molar-refractivity contribution in [3.63, 3.8) is 0 Å². The summed E-state index contributed by atoms with van der Waals surface area (Å²) in [6.07, 6.45) is 0. The van der Waals surface area contributed by atoms with Gasteiger partial charge in [-0.25, -0.2) is 12.8 Å². The molecule has 1 heterocycles. The quantitative estimate of drug-likeness (QED) is 0.750. The molecule has 3 rings (SSSR count). The van der Waals surface area contributed by atoms with E-state index in [0.29, 0.717) is 5.56 Å². The summed E-state index contributed by atoms with van der Waals surface area (Å²) < 4.78 is 40.6. The zero-order valence-electron chi connectivity index (χ0n) is 14.8. The van der Waals surface area contributed by atoms with Gasteiger partial charge >= 0.3 is 0 Å². The predicted octanol–water partition coefficient (Wildman–Crippen LogP) is 2.18. The Labute approximate surface area is 157 Å². The second-order valence-electron chi connectivity index (χ2n) is 6.26. The Morgan fingerprint density at radius 3 is 2.07 bits per heavy atom. The zero-order chi connectivity index (χ0) is 19.6. The molecule has 2 aromatic carbocycles. The summed E-state index contributed by atoms with van der Waals surface area (Å²) in [7, 11) is -3.72. The maximum atomic E-state index is 13.8. The molecule has 0 radical (unpaired) electrons.